The molecule has 17 heavy (non-hydrogen) atoms. The summed E-state index contributed by atoms with van der Waals surface area (Å²) < 4.78 is 0. The lowest BCUT2D eigenvalue weighted by Gasteiger charge is -2.39. The van der Waals surface area contributed by atoms with Gasteiger partial charge in [-0.1, -0.05) is 0 Å². The van der Waals surface area contributed by atoms with E-state index < -0.39 is 0 Å². The fraction of sp³-hybridized carbons (Fsp3) is 0.769. The van der Waals surface area contributed by atoms with Crippen LogP contribution in [0.5, 0.6) is 0 Å². The molecule has 2 atom stereocenters. The molecular weight excluding hydrogens is 230 g/mol. The molecule has 0 radical (unpaired) electrons. The largest absolute Gasteiger partial charge is 0.311 e. The standard InChI is InChI=1S/C13H21N3S/c1-9-6-16(7-13-15-10(2)8-17-13)12(5-14-9)11-3-4-11/h8-9,11-12,14H,3-7H2,1-2H3. The van der Waals surface area contributed by atoms with E-state index in [2.05, 4.69) is 34.4 Å². The van der Waals surface area contributed by atoms with E-state index in [1.165, 1.54) is 24.4 Å². The van der Waals surface area contributed by atoms with Crippen molar-refractivity contribution >= 4 is 11.3 Å². The fourth-order valence-electron chi connectivity index (χ4n) is 2.78. The minimum absolute atomic E-state index is 0.617. The van der Waals surface area contributed by atoms with Gasteiger partial charge in [0.2, 0.25) is 0 Å². The van der Waals surface area contributed by atoms with Crippen molar-refractivity contribution in [1.29, 1.82) is 0 Å². The van der Waals surface area contributed by atoms with Crippen molar-refractivity contribution in [3.05, 3.63) is 16.1 Å². The molecule has 4 heteroatoms. The van der Waals surface area contributed by atoms with Crippen LogP contribution in [-0.4, -0.2) is 35.1 Å². The van der Waals surface area contributed by atoms with Crippen LogP contribution in [0, 0.1) is 12.8 Å². The molecule has 2 unspecified atom stereocenters. The number of hydrogen-bond acceptors (Lipinski definition) is 4. The highest BCUT2D eigenvalue weighted by Crippen LogP contribution is 2.36. The lowest BCUT2D eigenvalue weighted by atomic mass is 10.1. The Morgan fingerprint density at radius 3 is 3.00 bits per heavy atom. The van der Waals surface area contributed by atoms with Gasteiger partial charge in [0.05, 0.1) is 6.54 Å². The first kappa shape index (κ1) is 11.6. The molecule has 1 saturated heterocycles. The van der Waals surface area contributed by atoms with Crippen LogP contribution in [0.2, 0.25) is 0 Å². The normalized spacial score (nSPS) is 30.7. The summed E-state index contributed by atoms with van der Waals surface area (Å²) in [5.74, 6) is 0.941. The van der Waals surface area contributed by atoms with Crippen LogP contribution in [0.4, 0.5) is 0 Å². The Balaban J connectivity index is 1.69. The number of rotatable bonds is 3. The monoisotopic (exact) mass is 251 g/mol. The molecule has 2 heterocycles. The molecule has 1 aliphatic carbocycles. The highest BCUT2D eigenvalue weighted by molar-refractivity contribution is 7.09. The van der Waals surface area contributed by atoms with Crippen molar-refractivity contribution < 1.29 is 0 Å². The van der Waals surface area contributed by atoms with E-state index in [-0.39, 0.29) is 0 Å². The Morgan fingerprint density at radius 2 is 2.35 bits per heavy atom. The highest BCUT2D eigenvalue weighted by Gasteiger charge is 2.38. The molecule has 3 nitrogen and oxygen atoms in total. The average molecular weight is 251 g/mol. The first-order chi connectivity index (χ1) is 8.22. The molecule has 2 fully saturated rings. The lowest BCUT2D eigenvalue weighted by Crippen LogP contribution is -2.55. The second kappa shape index (κ2) is 4.67. The maximum atomic E-state index is 4.60. The molecule has 1 aromatic rings. The summed E-state index contributed by atoms with van der Waals surface area (Å²) in [4.78, 5) is 7.25. The number of nitrogens with one attached hydrogen (secondary N) is 1. The number of nitrogens with zero attached hydrogens (tertiary/aromatic N) is 2. The Morgan fingerprint density at radius 1 is 1.53 bits per heavy atom. The third-order valence-corrected chi connectivity index (χ3v) is 4.78. The zero-order valence-electron chi connectivity index (χ0n) is 10.6. The van der Waals surface area contributed by atoms with Crippen molar-refractivity contribution in [3.8, 4) is 0 Å². The van der Waals surface area contributed by atoms with Gasteiger partial charge in [0.15, 0.2) is 0 Å². The molecular formula is C13H21N3S. The van der Waals surface area contributed by atoms with Gasteiger partial charge in [0, 0.05) is 36.2 Å². The van der Waals surface area contributed by atoms with Crippen LogP contribution < -0.4 is 5.32 Å². The second-order valence-electron chi connectivity index (χ2n) is 5.53. The molecule has 1 N–H and O–H groups in total. The summed E-state index contributed by atoms with van der Waals surface area (Å²) in [5.41, 5.74) is 1.16. The molecule has 0 spiro atoms. The maximum absolute atomic E-state index is 4.60. The molecule has 94 valence electrons. The van der Waals surface area contributed by atoms with E-state index in [0.29, 0.717) is 6.04 Å². The van der Waals surface area contributed by atoms with Crippen molar-refractivity contribution in [1.82, 2.24) is 15.2 Å². The van der Waals surface area contributed by atoms with Gasteiger partial charge < -0.3 is 5.32 Å². The van der Waals surface area contributed by atoms with Crippen LogP contribution in [0.3, 0.4) is 0 Å². The first-order valence-corrected chi connectivity index (χ1v) is 7.49. The van der Waals surface area contributed by atoms with E-state index in [1.54, 1.807) is 11.3 Å². The molecule has 0 bridgehead atoms. The van der Waals surface area contributed by atoms with Crippen molar-refractivity contribution in [2.24, 2.45) is 5.92 Å². The number of thiazole rings is 1. The minimum Gasteiger partial charge on any atom is -0.311 e. The van der Waals surface area contributed by atoms with Crippen LogP contribution in [0.25, 0.3) is 0 Å². The fourth-order valence-corrected chi connectivity index (χ4v) is 3.58. The third kappa shape index (κ3) is 2.69. The molecule has 1 aromatic heterocycles. The van der Waals surface area contributed by atoms with Crippen molar-refractivity contribution in [2.75, 3.05) is 13.1 Å². The van der Waals surface area contributed by atoms with E-state index in [1.807, 2.05) is 0 Å². The molecule has 1 aliphatic heterocycles. The summed E-state index contributed by atoms with van der Waals surface area (Å²) >= 11 is 1.81. The average Bonchev–Trinajstić information content (AvgIpc) is 3.04. The van der Waals surface area contributed by atoms with Crippen molar-refractivity contribution in [3.63, 3.8) is 0 Å². The van der Waals surface area contributed by atoms with E-state index in [4.69, 9.17) is 0 Å². The van der Waals surface area contributed by atoms with Gasteiger partial charge >= 0.3 is 0 Å². The van der Waals surface area contributed by atoms with E-state index in [0.717, 1.165) is 30.7 Å². The summed E-state index contributed by atoms with van der Waals surface area (Å²) in [7, 11) is 0. The van der Waals surface area contributed by atoms with Gasteiger partial charge in [-0.3, -0.25) is 4.90 Å². The van der Waals surface area contributed by atoms with Crippen LogP contribution in [0.15, 0.2) is 5.38 Å². The number of aryl methyl sites for hydroxylation is 1. The van der Waals surface area contributed by atoms with Gasteiger partial charge in [0.25, 0.3) is 0 Å². The van der Waals surface area contributed by atoms with Gasteiger partial charge in [0.1, 0.15) is 5.01 Å². The molecule has 0 amide bonds. The first-order valence-electron chi connectivity index (χ1n) is 6.61. The summed E-state index contributed by atoms with van der Waals surface area (Å²) in [6.07, 6.45) is 2.85. The Bertz CT molecular complexity index is 386. The zero-order valence-corrected chi connectivity index (χ0v) is 11.5. The van der Waals surface area contributed by atoms with Crippen LogP contribution in [0.1, 0.15) is 30.5 Å². The van der Waals surface area contributed by atoms with Crippen molar-refractivity contribution in [2.45, 2.75) is 45.3 Å². The zero-order chi connectivity index (χ0) is 11.8. The molecule has 1 saturated carbocycles. The Labute approximate surface area is 107 Å². The predicted molar refractivity (Wildman–Crippen MR) is 71.2 cm³/mol. The molecule has 3 rings (SSSR count). The SMILES string of the molecule is Cc1csc(CN2CC(C)NCC2C2CC2)n1. The predicted octanol–water partition coefficient (Wildman–Crippen LogP) is 2.02. The number of aromatic nitrogens is 1. The molecule has 2 aliphatic rings. The van der Waals surface area contributed by atoms with Gasteiger partial charge in [-0.05, 0) is 32.6 Å². The highest BCUT2D eigenvalue weighted by atomic mass is 32.1. The van der Waals surface area contributed by atoms with Crippen LogP contribution >= 0.6 is 11.3 Å². The summed E-state index contributed by atoms with van der Waals surface area (Å²) in [6.45, 7) is 7.74. The Hall–Kier alpha value is -0.450. The maximum Gasteiger partial charge on any atom is 0.107 e. The Kier molecular flexibility index (Phi) is 3.19. The lowest BCUT2D eigenvalue weighted by molar-refractivity contribution is 0.112. The van der Waals surface area contributed by atoms with Gasteiger partial charge in [-0.25, -0.2) is 4.98 Å². The minimum atomic E-state index is 0.617. The van der Waals surface area contributed by atoms with E-state index in [9.17, 15) is 0 Å². The summed E-state index contributed by atoms with van der Waals surface area (Å²) in [6, 6.07) is 1.36. The number of hydrogen-bond donors (Lipinski definition) is 1. The summed E-state index contributed by atoms with van der Waals surface area (Å²) in [5, 5.41) is 7.06. The smallest absolute Gasteiger partial charge is 0.107 e. The van der Waals surface area contributed by atoms with Gasteiger partial charge in [-0.2, -0.15) is 0 Å². The third-order valence-electron chi connectivity index (χ3n) is 3.82. The number of piperazine rings is 1. The molecule has 0 aromatic carbocycles. The van der Waals surface area contributed by atoms with Gasteiger partial charge in [-0.15, -0.1) is 11.3 Å². The van der Waals surface area contributed by atoms with Crippen LogP contribution in [-0.2, 0) is 6.54 Å². The quantitative estimate of drug-likeness (QED) is 0.891. The second-order valence-corrected chi connectivity index (χ2v) is 6.47. The topological polar surface area (TPSA) is 28.2 Å². The van der Waals surface area contributed by atoms with E-state index >= 15 is 0 Å².